The first kappa shape index (κ1) is 13.1. The molecule has 0 aliphatic carbocycles. The molecule has 1 saturated heterocycles. The molecule has 0 bridgehead atoms. The molecule has 1 aliphatic heterocycles. The second-order valence-corrected chi connectivity index (χ2v) is 5.55. The van der Waals surface area contributed by atoms with Crippen molar-refractivity contribution in [1.82, 2.24) is 10.2 Å². The van der Waals surface area contributed by atoms with Gasteiger partial charge >= 0.3 is 0 Å². The number of amides is 1. The summed E-state index contributed by atoms with van der Waals surface area (Å²) in [5.41, 5.74) is 1.10. The van der Waals surface area contributed by atoms with Gasteiger partial charge in [-0.3, -0.25) is 4.79 Å². The van der Waals surface area contributed by atoms with E-state index in [1.54, 1.807) is 0 Å². The highest BCUT2D eigenvalue weighted by molar-refractivity contribution is 5.85. The number of hydrogen-bond acceptors (Lipinski definition) is 2. The monoisotopic (exact) mass is 268 g/mol. The number of hydrogen-bond donors (Lipinski definition) is 1. The predicted octanol–water partition coefficient (Wildman–Crippen LogP) is 2.20. The first-order chi connectivity index (χ1) is 9.72. The highest BCUT2D eigenvalue weighted by atomic mass is 16.2. The molecule has 1 aliphatic rings. The molecule has 1 amide bonds. The van der Waals surface area contributed by atoms with Crippen molar-refractivity contribution in [3.8, 4) is 0 Å². The smallest absolute Gasteiger partial charge is 0.227 e. The molecule has 0 spiro atoms. The molecule has 1 fully saturated rings. The molecule has 1 atom stereocenters. The van der Waals surface area contributed by atoms with E-state index >= 15 is 0 Å². The third-order valence-corrected chi connectivity index (χ3v) is 3.89. The standard InChI is InChI=1S/C17H20N2O/c1-13-12-19(9-8-18-13)17(20)11-14-6-7-15-4-2-3-5-16(15)10-14/h2-7,10,13,18H,8-9,11-12H2,1H3. The fourth-order valence-corrected chi connectivity index (χ4v) is 2.79. The van der Waals surface area contributed by atoms with Crippen LogP contribution in [0, 0.1) is 0 Å². The van der Waals surface area contributed by atoms with Crippen LogP contribution in [0.15, 0.2) is 42.5 Å². The topological polar surface area (TPSA) is 32.3 Å². The number of nitrogens with zero attached hydrogens (tertiary/aromatic N) is 1. The zero-order chi connectivity index (χ0) is 13.9. The summed E-state index contributed by atoms with van der Waals surface area (Å²) >= 11 is 0. The predicted molar refractivity (Wildman–Crippen MR) is 81.7 cm³/mol. The Morgan fingerprint density at radius 2 is 2.05 bits per heavy atom. The summed E-state index contributed by atoms with van der Waals surface area (Å²) in [5, 5.41) is 5.78. The van der Waals surface area contributed by atoms with Crippen LogP contribution < -0.4 is 5.32 Å². The molecule has 3 heteroatoms. The summed E-state index contributed by atoms with van der Waals surface area (Å²) < 4.78 is 0. The van der Waals surface area contributed by atoms with Gasteiger partial charge in [-0.15, -0.1) is 0 Å². The van der Waals surface area contributed by atoms with Gasteiger partial charge in [0.1, 0.15) is 0 Å². The Labute approximate surface area is 119 Å². The summed E-state index contributed by atoms with van der Waals surface area (Å²) in [7, 11) is 0. The van der Waals surface area contributed by atoms with Crippen molar-refractivity contribution in [2.45, 2.75) is 19.4 Å². The number of rotatable bonds is 2. The molecule has 1 unspecified atom stereocenters. The normalized spacial score (nSPS) is 19.2. The van der Waals surface area contributed by atoms with Gasteiger partial charge in [0.25, 0.3) is 0 Å². The molecule has 20 heavy (non-hydrogen) atoms. The Morgan fingerprint density at radius 3 is 2.85 bits per heavy atom. The number of nitrogens with one attached hydrogen (secondary N) is 1. The van der Waals surface area contributed by atoms with Crippen LogP contribution in [0.1, 0.15) is 12.5 Å². The first-order valence-corrected chi connectivity index (χ1v) is 7.21. The number of carbonyl (C=O) groups excluding carboxylic acids is 1. The minimum absolute atomic E-state index is 0.230. The van der Waals surface area contributed by atoms with Gasteiger partial charge < -0.3 is 10.2 Å². The van der Waals surface area contributed by atoms with E-state index in [9.17, 15) is 4.79 Å². The Hall–Kier alpha value is -1.87. The van der Waals surface area contributed by atoms with E-state index in [-0.39, 0.29) is 5.91 Å². The number of benzene rings is 2. The van der Waals surface area contributed by atoms with E-state index in [0.717, 1.165) is 25.2 Å². The van der Waals surface area contributed by atoms with Gasteiger partial charge in [-0.25, -0.2) is 0 Å². The SMILES string of the molecule is CC1CN(C(=O)Cc2ccc3ccccc3c2)CCN1. The molecule has 1 heterocycles. The van der Waals surface area contributed by atoms with Crippen LogP contribution in [0.3, 0.4) is 0 Å². The van der Waals surface area contributed by atoms with E-state index in [4.69, 9.17) is 0 Å². The molecule has 3 nitrogen and oxygen atoms in total. The van der Waals surface area contributed by atoms with Crippen molar-refractivity contribution in [3.63, 3.8) is 0 Å². The van der Waals surface area contributed by atoms with E-state index in [1.807, 2.05) is 17.0 Å². The highest BCUT2D eigenvalue weighted by Crippen LogP contribution is 2.16. The van der Waals surface area contributed by atoms with Crippen LogP contribution in [-0.2, 0) is 11.2 Å². The Balaban J connectivity index is 1.73. The average Bonchev–Trinajstić information content (AvgIpc) is 2.47. The maximum Gasteiger partial charge on any atom is 0.227 e. The summed E-state index contributed by atoms with van der Waals surface area (Å²) in [6.07, 6.45) is 0.498. The van der Waals surface area contributed by atoms with Gasteiger partial charge in [0.15, 0.2) is 0 Å². The van der Waals surface area contributed by atoms with E-state index in [1.165, 1.54) is 10.8 Å². The fraction of sp³-hybridized carbons (Fsp3) is 0.353. The molecule has 1 N–H and O–H groups in total. The maximum absolute atomic E-state index is 12.3. The molecular formula is C17H20N2O. The van der Waals surface area contributed by atoms with Crippen LogP contribution in [0.5, 0.6) is 0 Å². The van der Waals surface area contributed by atoms with E-state index in [2.05, 4.69) is 42.6 Å². The molecule has 0 saturated carbocycles. The van der Waals surface area contributed by atoms with Gasteiger partial charge in [0.05, 0.1) is 6.42 Å². The average molecular weight is 268 g/mol. The lowest BCUT2D eigenvalue weighted by Crippen LogP contribution is -2.51. The lowest BCUT2D eigenvalue weighted by molar-refractivity contribution is -0.131. The molecule has 3 rings (SSSR count). The fourth-order valence-electron chi connectivity index (χ4n) is 2.79. The highest BCUT2D eigenvalue weighted by Gasteiger charge is 2.20. The lowest BCUT2D eigenvalue weighted by atomic mass is 10.0. The van der Waals surface area contributed by atoms with Crippen molar-refractivity contribution in [3.05, 3.63) is 48.0 Å². The van der Waals surface area contributed by atoms with Crippen LogP contribution >= 0.6 is 0 Å². The molecule has 0 radical (unpaired) electrons. The number of piperazine rings is 1. The van der Waals surface area contributed by atoms with Gasteiger partial charge in [-0.2, -0.15) is 0 Å². The zero-order valence-electron chi connectivity index (χ0n) is 11.8. The first-order valence-electron chi connectivity index (χ1n) is 7.21. The van der Waals surface area contributed by atoms with Crippen molar-refractivity contribution < 1.29 is 4.79 Å². The van der Waals surface area contributed by atoms with Gasteiger partial charge in [0.2, 0.25) is 5.91 Å². The summed E-state index contributed by atoms with van der Waals surface area (Å²) in [6.45, 7) is 4.64. The quantitative estimate of drug-likeness (QED) is 0.905. The summed E-state index contributed by atoms with van der Waals surface area (Å²) in [5.74, 6) is 0.230. The third-order valence-electron chi connectivity index (χ3n) is 3.89. The van der Waals surface area contributed by atoms with Gasteiger partial charge in [-0.05, 0) is 23.3 Å². The molecular weight excluding hydrogens is 248 g/mol. The van der Waals surface area contributed by atoms with Crippen molar-refractivity contribution >= 4 is 16.7 Å². The maximum atomic E-state index is 12.3. The number of carbonyl (C=O) groups is 1. The number of fused-ring (bicyclic) bond motifs is 1. The molecule has 0 aromatic heterocycles. The summed E-state index contributed by atoms with van der Waals surface area (Å²) in [4.78, 5) is 14.3. The second-order valence-electron chi connectivity index (χ2n) is 5.55. The van der Waals surface area contributed by atoms with Crippen molar-refractivity contribution in [2.75, 3.05) is 19.6 Å². The largest absolute Gasteiger partial charge is 0.340 e. The lowest BCUT2D eigenvalue weighted by Gasteiger charge is -2.32. The van der Waals surface area contributed by atoms with Crippen LogP contribution in [0.4, 0.5) is 0 Å². The molecule has 104 valence electrons. The van der Waals surface area contributed by atoms with E-state index in [0.29, 0.717) is 12.5 Å². The van der Waals surface area contributed by atoms with Crippen LogP contribution in [-0.4, -0.2) is 36.5 Å². The van der Waals surface area contributed by atoms with Crippen molar-refractivity contribution in [1.29, 1.82) is 0 Å². The Bertz CT molecular complexity index is 623. The zero-order valence-corrected chi connectivity index (χ0v) is 11.8. The second kappa shape index (κ2) is 5.63. The van der Waals surface area contributed by atoms with Crippen LogP contribution in [0.2, 0.25) is 0 Å². The van der Waals surface area contributed by atoms with Crippen molar-refractivity contribution in [2.24, 2.45) is 0 Å². The summed E-state index contributed by atoms with van der Waals surface area (Å²) in [6, 6.07) is 14.9. The van der Waals surface area contributed by atoms with Gasteiger partial charge in [0, 0.05) is 25.7 Å². The minimum Gasteiger partial charge on any atom is -0.340 e. The van der Waals surface area contributed by atoms with Gasteiger partial charge in [-0.1, -0.05) is 42.5 Å². The third kappa shape index (κ3) is 2.83. The van der Waals surface area contributed by atoms with E-state index < -0.39 is 0 Å². The molecule has 2 aromatic rings. The molecule has 2 aromatic carbocycles. The Kier molecular flexibility index (Phi) is 3.70. The minimum atomic E-state index is 0.230. The van der Waals surface area contributed by atoms with Crippen LogP contribution in [0.25, 0.3) is 10.8 Å². The Morgan fingerprint density at radius 1 is 1.25 bits per heavy atom.